The van der Waals surface area contributed by atoms with Gasteiger partial charge in [0.2, 0.25) is 5.91 Å². The average Bonchev–Trinajstić information content (AvgIpc) is 2.52. The van der Waals surface area contributed by atoms with Gasteiger partial charge in [-0.15, -0.1) is 0 Å². The Kier molecular flexibility index (Phi) is 6.52. The number of hydrogen-bond acceptors (Lipinski definition) is 4. The number of likely N-dealkylation sites (N-methyl/N-ethyl adjacent to an activating group) is 1. The van der Waals surface area contributed by atoms with E-state index >= 15 is 0 Å². The lowest BCUT2D eigenvalue weighted by Gasteiger charge is -2.18. The van der Waals surface area contributed by atoms with E-state index in [9.17, 15) is 9.59 Å². The Hall–Kier alpha value is -2.24. The molecule has 0 saturated carbocycles. The van der Waals surface area contributed by atoms with Crippen LogP contribution in [-0.4, -0.2) is 50.6 Å². The van der Waals surface area contributed by atoms with E-state index in [0.29, 0.717) is 30.2 Å². The Morgan fingerprint density at radius 1 is 1.05 bits per heavy atom. The first-order chi connectivity index (χ1) is 10.0. The van der Waals surface area contributed by atoms with Gasteiger partial charge in [-0.25, -0.2) is 0 Å². The molecule has 0 aliphatic rings. The Labute approximate surface area is 125 Å². The van der Waals surface area contributed by atoms with Gasteiger partial charge in [-0.3, -0.25) is 9.59 Å². The molecule has 116 valence electrons. The fourth-order valence-electron chi connectivity index (χ4n) is 1.88. The number of benzene rings is 1. The SMILES string of the molecule is CCN(CC)C(=O)CNC(=O)c1cc(OC)cc(OC)c1. The summed E-state index contributed by atoms with van der Waals surface area (Å²) in [4.78, 5) is 25.6. The van der Waals surface area contributed by atoms with E-state index in [4.69, 9.17) is 9.47 Å². The summed E-state index contributed by atoms with van der Waals surface area (Å²) in [5.41, 5.74) is 0.388. The highest BCUT2D eigenvalue weighted by molar-refractivity contribution is 5.97. The molecule has 1 aromatic rings. The minimum absolute atomic E-state index is 0.0277. The van der Waals surface area contributed by atoms with Crippen molar-refractivity contribution in [2.24, 2.45) is 0 Å². The van der Waals surface area contributed by atoms with Crippen molar-refractivity contribution in [2.45, 2.75) is 13.8 Å². The van der Waals surface area contributed by atoms with Gasteiger partial charge in [0.1, 0.15) is 11.5 Å². The van der Waals surface area contributed by atoms with Crippen LogP contribution in [0, 0.1) is 0 Å². The first-order valence-corrected chi connectivity index (χ1v) is 6.84. The van der Waals surface area contributed by atoms with Crippen molar-refractivity contribution in [2.75, 3.05) is 33.9 Å². The Morgan fingerprint density at radius 3 is 2.00 bits per heavy atom. The maximum absolute atomic E-state index is 12.1. The summed E-state index contributed by atoms with van der Waals surface area (Å²) >= 11 is 0. The highest BCUT2D eigenvalue weighted by atomic mass is 16.5. The minimum atomic E-state index is -0.340. The lowest BCUT2D eigenvalue weighted by atomic mass is 10.2. The predicted molar refractivity (Wildman–Crippen MR) is 79.8 cm³/mol. The molecule has 1 rings (SSSR count). The van der Waals surface area contributed by atoms with Gasteiger partial charge in [0, 0.05) is 24.7 Å². The molecule has 0 heterocycles. The second kappa shape index (κ2) is 8.14. The molecule has 0 aliphatic heterocycles. The average molecular weight is 294 g/mol. The normalized spacial score (nSPS) is 9.90. The fraction of sp³-hybridized carbons (Fsp3) is 0.467. The van der Waals surface area contributed by atoms with Gasteiger partial charge in [0.05, 0.1) is 20.8 Å². The second-order valence-corrected chi connectivity index (χ2v) is 4.35. The zero-order valence-electron chi connectivity index (χ0n) is 12.9. The van der Waals surface area contributed by atoms with Crippen LogP contribution >= 0.6 is 0 Å². The van der Waals surface area contributed by atoms with Crippen LogP contribution in [-0.2, 0) is 4.79 Å². The molecule has 0 bridgehead atoms. The standard InChI is InChI=1S/C15H22N2O4/c1-5-17(6-2)14(18)10-16-15(19)11-7-12(20-3)9-13(8-11)21-4/h7-9H,5-6,10H2,1-4H3,(H,16,19). The van der Waals surface area contributed by atoms with Crippen molar-refractivity contribution in [1.82, 2.24) is 10.2 Å². The van der Waals surface area contributed by atoms with E-state index in [1.54, 1.807) is 23.1 Å². The van der Waals surface area contributed by atoms with Gasteiger partial charge < -0.3 is 19.7 Å². The van der Waals surface area contributed by atoms with Gasteiger partial charge in [0.15, 0.2) is 0 Å². The minimum Gasteiger partial charge on any atom is -0.497 e. The zero-order chi connectivity index (χ0) is 15.8. The van der Waals surface area contributed by atoms with Crippen LogP contribution in [0.5, 0.6) is 11.5 Å². The third kappa shape index (κ3) is 4.66. The molecule has 0 unspecified atom stereocenters. The van der Waals surface area contributed by atoms with Crippen LogP contribution in [0.2, 0.25) is 0 Å². The number of ether oxygens (including phenoxy) is 2. The van der Waals surface area contributed by atoms with Crippen molar-refractivity contribution in [3.05, 3.63) is 23.8 Å². The second-order valence-electron chi connectivity index (χ2n) is 4.35. The third-order valence-electron chi connectivity index (χ3n) is 3.13. The maximum atomic E-state index is 12.1. The van der Waals surface area contributed by atoms with E-state index in [1.807, 2.05) is 13.8 Å². The van der Waals surface area contributed by atoms with E-state index in [1.165, 1.54) is 14.2 Å². The summed E-state index contributed by atoms with van der Waals surface area (Å²) in [5, 5.41) is 2.61. The number of hydrogen-bond donors (Lipinski definition) is 1. The molecule has 6 nitrogen and oxygen atoms in total. The number of nitrogens with one attached hydrogen (secondary N) is 1. The monoisotopic (exact) mass is 294 g/mol. The molecule has 6 heteroatoms. The molecule has 1 aromatic carbocycles. The molecule has 0 spiro atoms. The first-order valence-electron chi connectivity index (χ1n) is 6.84. The topological polar surface area (TPSA) is 67.9 Å². The van der Waals surface area contributed by atoms with Gasteiger partial charge in [-0.1, -0.05) is 0 Å². The van der Waals surface area contributed by atoms with Crippen molar-refractivity contribution < 1.29 is 19.1 Å². The van der Waals surface area contributed by atoms with Gasteiger partial charge in [-0.05, 0) is 26.0 Å². The van der Waals surface area contributed by atoms with Crippen LogP contribution in [0.15, 0.2) is 18.2 Å². The highest BCUT2D eigenvalue weighted by Gasteiger charge is 2.13. The molecule has 1 N–H and O–H groups in total. The van der Waals surface area contributed by atoms with Crippen LogP contribution in [0.1, 0.15) is 24.2 Å². The molecule has 2 amide bonds. The Morgan fingerprint density at radius 2 is 1.57 bits per heavy atom. The van der Waals surface area contributed by atoms with Crippen LogP contribution in [0.25, 0.3) is 0 Å². The Balaban J connectivity index is 2.73. The highest BCUT2D eigenvalue weighted by Crippen LogP contribution is 2.22. The van der Waals surface area contributed by atoms with E-state index in [-0.39, 0.29) is 18.4 Å². The molecule has 0 saturated heterocycles. The molecule has 0 aromatic heterocycles. The quantitative estimate of drug-likeness (QED) is 0.823. The number of rotatable bonds is 7. The molecule has 0 fully saturated rings. The number of nitrogens with zero attached hydrogens (tertiary/aromatic N) is 1. The van der Waals surface area contributed by atoms with Crippen LogP contribution in [0.3, 0.4) is 0 Å². The van der Waals surface area contributed by atoms with Crippen LogP contribution < -0.4 is 14.8 Å². The zero-order valence-corrected chi connectivity index (χ0v) is 12.9. The molecule has 21 heavy (non-hydrogen) atoms. The van der Waals surface area contributed by atoms with E-state index in [0.717, 1.165) is 0 Å². The fourth-order valence-corrected chi connectivity index (χ4v) is 1.88. The summed E-state index contributed by atoms with van der Waals surface area (Å²) in [6, 6.07) is 4.87. The summed E-state index contributed by atoms with van der Waals surface area (Å²) < 4.78 is 10.2. The summed E-state index contributed by atoms with van der Waals surface area (Å²) in [6.07, 6.45) is 0. The van der Waals surface area contributed by atoms with Gasteiger partial charge >= 0.3 is 0 Å². The lowest BCUT2D eigenvalue weighted by Crippen LogP contribution is -2.40. The largest absolute Gasteiger partial charge is 0.497 e. The van der Waals surface area contributed by atoms with E-state index in [2.05, 4.69) is 5.32 Å². The number of methoxy groups -OCH3 is 2. The smallest absolute Gasteiger partial charge is 0.251 e. The number of carbonyl (C=O) groups is 2. The lowest BCUT2D eigenvalue weighted by molar-refractivity contribution is -0.129. The summed E-state index contributed by atoms with van der Waals surface area (Å²) in [5.74, 6) is 0.597. The van der Waals surface area contributed by atoms with Crippen molar-refractivity contribution in [1.29, 1.82) is 0 Å². The van der Waals surface area contributed by atoms with E-state index < -0.39 is 0 Å². The molecule has 0 aliphatic carbocycles. The van der Waals surface area contributed by atoms with Crippen LogP contribution in [0.4, 0.5) is 0 Å². The molecule has 0 atom stereocenters. The van der Waals surface area contributed by atoms with Crippen molar-refractivity contribution in [3.63, 3.8) is 0 Å². The van der Waals surface area contributed by atoms with Crippen molar-refractivity contribution >= 4 is 11.8 Å². The third-order valence-corrected chi connectivity index (χ3v) is 3.13. The molecular weight excluding hydrogens is 272 g/mol. The van der Waals surface area contributed by atoms with Crippen molar-refractivity contribution in [3.8, 4) is 11.5 Å². The summed E-state index contributed by atoms with van der Waals surface area (Å²) in [7, 11) is 3.03. The number of amides is 2. The predicted octanol–water partition coefficient (Wildman–Crippen LogP) is 1.30. The first kappa shape index (κ1) is 16.8. The van der Waals surface area contributed by atoms with Gasteiger partial charge in [-0.2, -0.15) is 0 Å². The number of carbonyl (C=O) groups excluding carboxylic acids is 2. The maximum Gasteiger partial charge on any atom is 0.251 e. The summed E-state index contributed by atoms with van der Waals surface area (Å²) in [6.45, 7) is 5.02. The Bertz CT molecular complexity index is 476. The molecular formula is C15H22N2O4. The molecule has 0 radical (unpaired) electrons. The van der Waals surface area contributed by atoms with Gasteiger partial charge in [0.25, 0.3) is 5.91 Å².